The van der Waals surface area contributed by atoms with Crippen molar-refractivity contribution < 1.29 is 8.78 Å². The van der Waals surface area contributed by atoms with Gasteiger partial charge in [0.15, 0.2) is 0 Å². The molecule has 27 heavy (non-hydrogen) atoms. The number of aromatic nitrogens is 3. The minimum Gasteiger partial charge on any atom is -0.369 e. The Labute approximate surface area is 156 Å². The average molecular weight is 371 g/mol. The monoisotopic (exact) mass is 371 g/mol. The van der Waals surface area contributed by atoms with E-state index < -0.39 is 11.6 Å². The third-order valence-corrected chi connectivity index (χ3v) is 5.41. The zero-order valence-electron chi connectivity index (χ0n) is 15.3. The number of likely N-dealkylation sites (tertiary alicyclic amines) is 1. The van der Waals surface area contributed by atoms with Gasteiger partial charge in [-0.05, 0) is 48.6 Å². The summed E-state index contributed by atoms with van der Waals surface area (Å²) in [5.41, 5.74) is 1.50. The highest BCUT2D eigenvalue weighted by atomic mass is 19.1. The number of anilines is 1. The minimum absolute atomic E-state index is 0.432. The molecule has 0 amide bonds. The Bertz CT molecular complexity index is 905. The van der Waals surface area contributed by atoms with E-state index in [4.69, 9.17) is 0 Å². The van der Waals surface area contributed by atoms with Crippen LogP contribution in [0.3, 0.4) is 0 Å². The standard InChI is InChI=1S/C20H23F2N5/c1-13-3-5-27(10-14-6-16(21)8-17(22)7-14)11-15(13)9-24-20-18-2-4-23-19(18)25-12-26-20/h2,4,6-8,12-13,15H,3,5,9-11H2,1H3,(H2,23,24,25,26). The van der Waals surface area contributed by atoms with E-state index in [1.54, 1.807) is 6.33 Å². The van der Waals surface area contributed by atoms with Crippen LogP contribution >= 0.6 is 0 Å². The second-order valence-electron chi connectivity index (χ2n) is 7.38. The van der Waals surface area contributed by atoms with E-state index in [2.05, 4.69) is 32.1 Å². The van der Waals surface area contributed by atoms with Crippen LogP contribution in [0.4, 0.5) is 14.6 Å². The molecule has 0 aliphatic carbocycles. The molecule has 2 aromatic heterocycles. The van der Waals surface area contributed by atoms with E-state index >= 15 is 0 Å². The number of H-pyrrole nitrogens is 1. The van der Waals surface area contributed by atoms with Gasteiger partial charge in [0.05, 0.1) is 5.39 Å². The quantitative estimate of drug-likeness (QED) is 0.716. The molecule has 1 aromatic carbocycles. The van der Waals surface area contributed by atoms with E-state index in [1.807, 2.05) is 12.3 Å². The van der Waals surface area contributed by atoms with Crippen LogP contribution in [0.15, 0.2) is 36.8 Å². The van der Waals surface area contributed by atoms with Gasteiger partial charge in [0.25, 0.3) is 0 Å². The molecule has 3 aromatic rings. The predicted octanol–water partition coefficient (Wildman–Crippen LogP) is 3.81. The van der Waals surface area contributed by atoms with Crippen molar-refractivity contribution in [3.8, 4) is 0 Å². The number of rotatable bonds is 5. The zero-order valence-corrected chi connectivity index (χ0v) is 15.3. The van der Waals surface area contributed by atoms with Gasteiger partial charge >= 0.3 is 0 Å². The van der Waals surface area contributed by atoms with Crippen LogP contribution in [-0.4, -0.2) is 39.5 Å². The first kappa shape index (κ1) is 17.9. The molecule has 0 radical (unpaired) electrons. The minimum atomic E-state index is -0.520. The van der Waals surface area contributed by atoms with Crippen molar-refractivity contribution in [2.75, 3.05) is 25.0 Å². The van der Waals surface area contributed by atoms with Crippen molar-refractivity contribution in [1.29, 1.82) is 0 Å². The molecular weight excluding hydrogens is 348 g/mol. The second kappa shape index (κ2) is 7.60. The fraction of sp³-hybridized carbons (Fsp3) is 0.400. The summed E-state index contributed by atoms with van der Waals surface area (Å²) in [7, 11) is 0. The molecule has 4 rings (SSSR count). The normalized spacial score (nSPS) is 20.9. The van der Waals surface area contributed by atoms with Gasteiger partial charge in [-0.15, -0.1) is 0 Å². The molecule has 142 valence electrons. The Kier molecular flexibility index (Phi) is 5.03. The Morgan fingerprint density at radius 2 is 2.04 bits per heavy atom. The molecule has 0 spiro atoms. The van der Waals surface area contributed by atoms with Crippen LogP contribution in [0.5, 0.6) is 0 Å². The molecule has 2 atom stereocenters. The number of halogens is 2. The van der Waals surface area contributed by atoms with Crippen LogP contribution in [-0.2, 0) is 6.54 Å². The van der Waals surface area contributed by atoms with Gasteiger partial charge in [0.2, 0.25) is 0 Å². The number of nitrogens with one attached hydrogen (secondary N) is 2. The van der Waals surface area contributed by atoms with Crippen molar-refractivity contribution in [3.05, 3.63) is 54.0 Å². The third kappa shape index (κ3) is 4.08. The van der Waals surface area contributed by atoms with Crippen molar-refractivity contribution in [2.24, 2.45) is 11.8 Å². The van der Waals surface area contributed by atoms with Crippen LogP contribution in [0, 0.1) is 23.5 Å². The maximum absolute atomic E-state index is 13.4. The molecule has 1 saturated heterocycles. The first-order valence-corrected chi connectivity index (χ1v) is 9.28. The summed E-state index contributed by atoms with van der Waals surface area (Å²) >= 11 is 0. The summed E-state index contributed by atoms with van der Waals surface area (Å²) in [5, 5.41) is 4.44. The zero-order chi connectivity index (χ0) is 18.8. The lowest BCUT2D eigenvalue weighted by molar-refractivity contribution is 0.128. The number of piperidine rings is 1. The van der Waals surface area contributed by atoms with E-state index in [-0.39, 0.29) is 0 Å². The van der Waals surface area contributed by atoms with Crippen LogP contribution in [0.2, 0.25) is 0 Å². The predicted molar refractivity (Wildman–Crippen MR) is 101 cm³/mol. The smallest absolute Gasteiger partial charge is 0.142 e. The van der Waals surface area contributed by atoms with Crippen molar-refractivity contribution in [2.45, 2.75) is 19.9 Å². The van der Waals surface area contributed by atoms with Gasteiger partial charge in [-0.2, -0.15) is 0 Å². The second-order valence-corrected chi connectivity index (χ2v) is 7.38. The maximum Gasteiger partial charge on any atom is 0.142 e. The number of hydrogen-bond acceptors (Lipinski definition) is 4. The SMILES string of the molecule is CC1CCN(Cc2cc(F)cc(F)c2)CC1CNc1ncnc2[nH]ccc12. The van der Waals surface area contributed by atoms with Gasteiger partial charge in [0.1, 0.15) is 29.4 Å². The molecular formula is C20H23F2N5. The average Bonchev–Trinajstić information content (AvgIpc) is 3.10. The fourth-order valence-corrected chi connectivity index (χ4v) is 3.84. The fourth-order valence-electron chi connectivity index (χ4n) is 3.84. The first-order chi connectivity index (χ1) is 13.1. The molecule has 1 fully saturated rings. The van der Waals surface area contributed by atoms with E-state index in [1.165, 1.54) is 12.1 Å². The summed E-state index contributed by atoms with van der Waals surface area (Å²) < 4.78 is 26.9. The molecule has 2 N–H and O–H groups in total. The molecule has 5 nitrogen and oxygen atoms in total. The number of nitrogens with zero attached hydrogens (tertiary/aromatic N) is 3. The number of fused-ring (bicyclic) bond motifs is 1. The summed E-state index contributed by atoms with van der Waals surface area (Å²) in [5.74, 6) is 0.793. The lowest BCUT2D eigenvalue weighted by Crippen LogP contribution is -2.42. The number of aromatic amines is 1. The largest absolute Gasteiger partial charge is 0.369 e. The van der Waals surface area contributed by atoms with E-state index in [0.29, 0.717) is 23.9 Å². The molecule has 2 unspecified atom stereocenters. The third-order valence-electron chi connectivity index (χ3n) is 5.41. The number of benzene rings is 1. The summed E-state index contributed by atoms with van der Waals surface area (Å²) in [6.07, 6.45) is 4.47. The van der Waals surface area contributed by atoms with Crippen LogP contribution < -0.4 is 5.32 Å². The van der Waals surface area contributed by atoms with Crippen LogP contribution in [0.1, 0.15) is 18.9 Å². The Morgan fingerprint density at radius 1 is 1.22 bits per heavy atom. The number of hydrogen-bond donors (Lipinski definition) is 2. The maximum atomic E-state index is 13.4. The van der Waals surface area contributed by atoms with Crippen LogP contribution in [0.25, 0.3) is 11.0 Å². The highest BCUT2D eigenvalue weighted by molar-refractivity contribution is 5.86. The van der Waals surface area contributed by atoms with Gasteiger partial charge in [-0.3, -0.25) is 4.90 Å². The summed E-state index contributed by atoms with van der Waals surface area (Å²) in [4.78, 5) is 13.9. The van der Waals surface area contributed by atoms with Gasteiger partial charge in [-0.1, -0.05) is 6.92 Å². The van der Waals surface area contributed by atoms with Crippen molar-refractivity contribution in [3.63, 3.8) is 0 Å². The highest BCUT2D eigenvalue weighted by Crippen LogP contribution is 2.26. The van der Waals surface area contributed by atoms with E-state index in [0.717, 1.165) is 49.0 Å². The highest BCUT2D eigenvalue weighted by Gasteiger charge is 2.26. The van der Waals surface area contributed by atoms with E-state index in [9.17, 15) is 8.78 Å². The molecule has 1 aliphatic heterocycles. The van der Waals surface area contributed by atoms with Gasteiger partial charge in [0, 0.05) is 31.9 Å². The molecule has 0 saturated carbocycles. The first-order valence-electron chi connectivity index (χ1n) is 9.28. The Hall–Kier alpha value is -2.54. The van der Waals surface area contributed by atoms with Crippen molar-refractivity contribution >= 4 is 16.9 Å². The van der Waals surface area contributed by atoms with Gasteiger partial charge < -0.3 is 10.3 Å². The lowest BCUT2D eigenvalue weighted by Gasteiger charge is -2.37. The molecule has 0 bridgehead atoms. The summed E-state index contributed by atoms with van der Waals surface area (Å²) in [6.45, 7) is 5.44. The topological polar surface area (TPSA) is 56.8 Å². The Morgan fingerprint density at radius 3 is 2.85 bits per heavy atom. The van der Waals surface area contributed by atoms with Gasteiger partial charge in [-0.25, -0.2) is 18.7 Å². The van der Waals surface area contributed by atoms with Crippen molar-refractivity contribution in [1.82, 2.24) is 19.9 Å². The molecule has 1 aliphatic rings. The summed E-state index contributed by atoms with van der Waals surface area (Å²) in [6, 6.07) is 5.71. The molecule has 7 heteroatoms. The lowest BCUT2D eigenvalue weighted by atomic mass is 9.86. The molecule has 3 heterocycles. The Balaban J connectivity index is 1.41.